The van der Waals surface area contributed by atoms with E-state index in [0.29, 0.717) is 21.6 Å². The summed E-state index contributed by atoms with van der Waals surface area (Å²) in [6, 6.07) is 9.01. The van der Waals surface area contributed by atoms with Gasteiger partial charge in [-0.1, -0.05) is 23.8 Å². The Morgan fingerprint density at radius 2 is 2.16 bits per heavy atom. The lowest BCUT2D eigenvalue weighted by atomic mass is 10.2. The van der Waals surface area contributed by atoms with Gasteiger partial charge in [-0.05, 0) is 24.3 Å². The van der Waals surface area contributed by atoms with E-state index in [1.54, 1.807) is 31.5 Å². The number of nitrogens with two attached hydrogens (primary N) is 1. The summed E-state index contributed by atoms with van der Waals surface area (Å²) >= 11 is 10.8. The van der Waals surface area contributed by atoms with E-state index in [9.17, 15) is 0 Å². The quantitative estimate of drug-likeness (QED) is 0.848. The number of ether oxygens (including phenoxy) is 1. The van der Waals surface area contributed by atoms with Crippen LogP contribution in [0.3, 0.4) is 0 Å². The molecule has 1 aromatic heterocycles. The monoisotopic (exact) mass is 293 g/mol. The van der Waals surface area contributed by atoms with E-state index in [1.807, 2.05) is 12.1 Å². The summed E-state index contributed by atoms with van der Waals surface area (Å²) in [5.74, 6) is 1.29. The van der Waals surface area contributed by atoms with Crippen LogP contribution in [0.4, 0.5) is 11.5 Å². The largest absolute Gasteiger partial charge is 0.495 e. The lowest BCUT2D eigenvalue weighted by molar-refractivity contribution is 0.415. The van der Waals surface area contributed by atoms with Gasteiger partial charge in [0.05, 0.1) is 12.1 Å². The number of anilines is 2. The highest BCUT2D eigenvalue weighted by atomic mass is 35.5. The molecule has 0 amide bonds. The summed E-state index contributed by atoms with van der Waals surface area (Å²) in [6.07, 6.45) is 1.62. The van der Waals surface area contributed by atoms with Gasteiger partial charge < -0.3 is 15.8 Å². The van der Waals surface area contributed by atoms with E-state index in [0.717, 1.165) is 11.3 Å². The molecule has 0 radical (unpaired) electrons. The Morgan fingerprint density at radius 1 is 1.37 bits per heavy atom. The number of halogens is 1. The molecule has 98 valence electrons. The van der Waals surface area contributed by atoms with E-state index in [1.165, 1.54) is 0 Å². The van der Waals surface area contributed by atoms with E-state index in [4.69, 9.17) is 34.3 Å². The molecule has 2 aromatic rings. The van der Waals surface area contributed by atoms with Crippen molar-refractivity contribution < 1.29 is 4.74 Å². The number of nitrogens with zero attached hydrogens (tertiary/aromatic N) is 1. The highest BCUT2D eigenvalue weighted by Crippen LogP contribution is 2.28. The van der Waals surface area contributed by atoms with Crippen molar-refractivity contribution in [1.29, 1.82) is 0 Å². The maximum atomic E-state index is 5.96. The van der Waals surface area contributed by atoms with Crippen molar-refractivity contribution in [2.45, 2.75) is 0 Å². The average Bonchev–Trinajstić information content (AvgIpc) is 2.41. The Hall–Kier alpha value is -1.85. The predicted molar refractivity (Wildman–Crippen MR) is 81.4 cm³/mol. The van der Waals surface area contributed by atoms with Crippen LogP contribution in [0.25, 0.3) is 0 Å². The van der Waals surface area contributed by atoms with Crippen LogP contribution in [-0.4, -0.2) is 17.1 Å². The van der Waals surface area contributed by atoms with Crippen molar-refractivity contribution in [2.24, 2.45) is 5.73 Å². The minimum atomic E-state index is 0.326. The molecule has 0 spiro atoms. The Kier molecular flexibility index (Phi) is 4.19. The summed E-state index contributed by atoms with van der Waals surface area (Å²) in [7, 11) is 1.57. The molecule has 1 heterocycles. The number of methoxy groups -OCH3 is 1. The molecule has 4 nitrogen and oxygen atoms in total. The summed E-state index contributed by atoms with van der Waals surface area (Å²) in [5, 5.41) is 3.70. The first-order valence-corrected chi connectivity index (χ1v) is 6.25. The van der Waals surface area contributed by atoms with Gasteiger partial charge in [-0.25, -0.2) is 4.98 Å². The highest BCUT2D eigenvalue weighted by molar-refractivity contribution is 7.80. The smallest absolute Gasteiger partial charge is 0.139 e. The maximum Gasteiger partial charge on any atom is 0.139 e. The van der Waals surface area contributed by atoms with Crippen LogP contribution in [0.15, 0.2) is 36.5 Å². The molecular weight excluding hydrogens is 282 g/mol. The molecule has 0 saturated carbocycles. The molecule has 0 saturated heterocycles. The zero-order valence-electron chi connectivity index (χ0n) is 10.2. The Labute approximate surface area is 121 Å². The van der Waals surface area contributed by atoms with Crippen LogP contribution >= 0.6 is 23.8 Å². The molecule has 19 heavy (non-hydrogen) atoms. The molecule has 0 aliphatic carbocycles. The van der Waals surface area contributed by atoms with Gasteiger partial charge in [-0.15, -0.1) is 0 Å². The van der Waals surface area contributed by atoms with Crippen molar-refractivity contribution in [2.75, 3.05) is 12.4 Å². The Bertz CT molecular complexity index is 601. The minimum absolute atomic E-state index is 0.326. The van der Waals surface area contributed by atoms with Gasteiger partial charge in [0, 0.05) is 23.5 Å². The van der Waals surface area contributed by atoms with Gasteiger partial charge in [0.15, 0.2) is 0 Å². The highest BCUT2D eigenvalue weighted by Gasteiger charge is 2.03. The molecule has 0 fully saturated rings. The van der Waals surface area contributed by atoms with Crippen LogP contribution < -0.4 is 15.8 Å². The topological polar surface area (TPSA) is 60.2 Å². The van der Waals surface area contributed by atoms with Crippen LogP contribution in [0.1, 0.15) is 5.56 Å². The lowest BCUT2D eigenvalue weighted by Gasteiger charge is -2.09. The van der Waals surface area contributed by atoms with E-state index in [2.05, 4.69) is 10.3 Å². The van der Waals surface area contributed by atoms with Gasteiger partial charge >= 0.3 is 0 Å². The van der Waals surface area contributed by atoms with Crippen molar-refractivity contribution in [1.82, 2.24) is 4.98 Å². The van der Waals surface area contributed by atoms with Gasteiger partial charge in [0.1, 0.15) is 16.6 Å². The van der Waals surface area contributed by atoms with Gasteiger partial charge in [0.25, 0.3) is 0 Å². The third-order valence-corrected chi connectivity index (χ3v) is 3.02. The van der Waals surface area contributed by atoms with Crippen LogP contribution in [0.2, 0.25) is 5.02 Å². The Morgan fingerprint density at radius 3 is 2.74 bits per heavy atom. The third kappa shape index (κ3) is 3.33. The molecule has 6 heteroatoms. The first-order valence-electron chi connectivity index (χ1n) is 5.46. The molecule has 2 rings (SSSR count). The first kappa shape index (κ1) is 13.6. The second kappa shape index (κ2) is 5.86. The summed E-state index contributed by atoms with van der Waals surface area (Å²) < 4.78 is 5.15. The van der Waals surface area contributed by atoms with Crippen molar-refractivity contribution in [3.05, 3.63) is 47.1 Å². The van der Waals surface area contributed by atoms with Crippen LogP contribution in [0.5, 0.6) is 5.75 Å². The molecule has 0 atom stereocenters. The number of hydrogen-bond donors (Lipinski definition) is 2. The molecular formula is C13H12ClN3OS. The fraction of sp³-hybridized carbons (Fsp3) is 0.0769. The van der Waals surface area contributed by atoms with Crippen molar-refractivity contribution in [3.8, 4) is 5.75 Å². The zero-order valence-corrected chi connectivity index (χ0v) is 11.8. The standard InChI is InChI=1S/C13H12ClN3OS/c1-18-11-6-9(3-4-10(11)14)17-12-5-2-8(7-16-12)13(15)19/h2-7H,1H3,(H2,15,19)(H,16,17). The second-order valence-electron chi connectivity index (χ2n) is 3.77. The summed E-state index contributed by atoms with van der Waals surface area (Å²) in [5.41, 5.74) is 7.07. The molecule has 1 aromatic carbocycles. The van der Waals surface area contributed by atoms with Gasteiger partial charge in [-0.2, -0.15) is 0 Å². The van der Waals surface area contributed by atoms with E-state index in [-0.39, 0.29) is 0 Å². The molecule has 0 bridgehead atoms. The fourth-order valence-electron chi connectivity index (χ4n) is 1.50. The SMILES string of the molecule is COc1cc(Nc2ccc(C(N)=S)cn2)ccc1Cl. The fourth-order valence-corrected chi connectivity index (χ4v) is 1.81. The predicted octanol–water partition coefficient (Wildman–Crippen LogP) is 3.12. The Balaban J connectivity index is 2.19. The number of rotatable bonds is 4. The number of hydrogen-bond acceptors (Lipinski definition) is 4. The van der Waals surface area contributed by atoms with Crippen molar-refractivity contribution >= 4 is 40.3 Å². The molecule has 0 aliphatic rings. The maximum absolute atomic E-state index is 5.96. The number of nitrogens with one attached hydrogen (secondary N) is 1. The van der Waals surface area contributed by atoms with Crippen molar-refractivity contribution in [3.63, 3.8) is 0 Å². The van der Waals surface area contributed by atoms with Gasteiger partial charge in [0.2, 0.25) is 0 Å². The number of aromatic nitrogens is 1. The van der Waals surface area contributed by atoms with E-state index < -0.39 is 0 Å². The average molecular weight is 294 g/mol. The number of thiocarbonyl (C=S) groups is 1. The van der Waals surface area contributed by atoms with Gasteiger partial charge in [-0.3, -0.25) is 0 Å². The first-order chi connectivity index (χ1) is 9.10. The summed E-state index contributed by atoms with van der Waals surface area (Å²) in [6.45, 7) is 0. The molecule has 0 unspecified atom stereocenters. The second-order valence-corrected chi connectivity index (χ2v) is 4.62. The van der Waals surface area contributed by atoms with E-state index >= 15 is 0 Å². The van der Waals surface area contributed by atoms with Crippen LogP contribution in [-0.2, 0) is 0 Å². The lowest BCUT2D eigenvalue weighted by Crippen LogP contribution is -2.09. The molecule has 0 aliphatic heterocycles. The minimum Gasteiger partial charge on any atom is -0.495 e. The normalized spacial score (nSPS) is 10.0. The number of pyridine rings is 1. The zero-order chi connectivity index (χ0) is 13.8. The van der Waals surface area contributed by atoms with Crippen LogP contribution in [0, 0.1) is 0 Å². The summed E-state index contributed by atoms with van der Waals surface area (Å²) in [4.78, 5) is 4.55. The third-order valence-electron chi connectivity index (χ3n) is 2.47. The number of benzene rings is 1. The molecule has 3 N–H and O–H groups in total.